The summed E-state index contributed by atoms with van der Waals surface area (Å²) in [5, 5.41) is 7.72. The zero-order valence-corrected chi connectivity index (χ0v) is 14.3. The summed E-state index contributed by atoms with van der Waals surface area (Å²) in [5.74, 6) is -0.416. The number of anilines is 1. The van der Waals surface area contributed by atoms with E-state index in [9.17, 15) is 14.4 Å². The molecule has 132 valence electrons. The zero-order valence-electron chi connectivity index (χ0n) is 14.3. The number of nitrogens with zero attached hydrogens (tertiary/aromatic N) is 2. The number of carbonyl (C=O) groups is 1. The number of amides is 1. The average molecular weight is 350 g/mol. The second-order valence-corrected chi connectivity index (χ2v) is 6.51. The first kappa shape index (κ1) is 16.3. The number of hydrogen-bond donors (Lipinski definition) is 2. The highest BCUT2D eigenvalue weighted by Crippen LogP contribution is 2.27. The van der Waals surface area contributed by atoms with Crippen LogP contribution in [0.5, 0.6) is 0 Å². The van der Waals surface area contributed by atoms with Gasteiger partial charge in [-0.1, -0.05) is 6.07 Å². The van der Waals surface area contributed by atoms with E-state index in [1.807, 2.05) is 12.1 Å². The number of benzene rings is 1. The fraction of sp³-hybridized carbons (Fsp3) is 0.263. The quantitative estimate of drug-likeness (QED) is 0.736. The van der Waals surface area contributed by atoms with Gasteiger partial charge in [0.25, 0.3) is 17.0 Å². The van der Waals surface area contributed by atoms with E-state index in [2.05, 4.69) is 15.4 Å². The molecule has 2 aromatic heterocycles. The molecule has 7 heteroatoms. The first-order chi connectivity index (χ1) is 12.5. The zero-order chi connectivity index (χ0) is 18.3. The lowest BCUT2D eigenvalue weighted by Crippen LogP contribution is -2.23. The molecule has 3 aromatic rings. The molecule has 1 aliphatic rings. The topological polar surface area (TPSA) is 96.8 Å². The Morgan fingerprint density at radius 1 is 1.12 bits per heavy atom. The number of aryl methyl sites for hydroxylation is 2. The van der Waals surface area contributed by atoms with Crippen LogP contribution in [0, 0.1) is 0 Å². The molecule has 1 aromatic carbocycles. The van der Waals surface area contributed by atoms with Crippen molar-refractivity contribution in [3.05, 3.63) is 67.9 Å². The molecule has 0 radical (unpaired) electrons. The number of aromatic amines is 1. The minimum atomic E-state index is -0.416. The summed E-state index contributed by atoms with van der Waals surface area (Å²) >= 11 is 0. The molecule has 0 fully saturated rings. The van der Waals surface area contributed by atoms with Crippen molar-refractivity contribution in [2.75, 3.05) is 5.32 Å². The first-order valence-corrected chi connectivity index (χ1v) is 8.56. The maximum atomic E-state index is 12.4. The van der Waals surface area contributed by atoms with Crippen LogP contribution in [0.2, 0.25) is 0 Å². The van der Waals surface area contributed by atoms with Gasteiger partial charge in [-0.25, -0.2) is 4.68 Å². The Kier molecular flexibility index (Phi) is 3.91. The standard InChI is InChI=1S/C19H18N4O3/c1-23-17(24)9-8-15(22-23)19(26)20-11-6-7-13-12-4-2-3-5-14(12)18(25)21-16(13)10-11/h6-10H,2-5H2,1H3,(H,20,26)(H,21,25). The molecular formula is C19H18N4O3. The van der Waals surface area contributed by atoms with E-state index < -0.39 is 5.91 Å². The van der Waals surface area contributed by atoms with Gasteiger partial charge < -0.3 is 10.3 Å². The molecule has 2 N–H and O–H groups in total. The van der Waals surface area contributed by atoms with Gasteiger partial charge in [0, 0.05) is 29.8 Å². The lowest BCUT2D eigenvalue weighted by molar-refractivity contribution is 0.102. The van der Waals surface area contributed by atoms with Crippen molar-refractivity contribution in [3.63, 3.8) is 0 Å². The third kappa shape index (κ3) is 2.81. The molecule has 0 aliphatic heterocycles. The van der Waals surface area contributed by atoms with E-state index in [0.29, 0.717) is 11.2 Å². The van der Waals surface area contributed by atoms with Crippen molar-refractivity contribution < 1.29 is 4.79 Å². The van der Waals surface area contributed by atoms with E-state index in [0.717, 1.165) is 46.9 Å². The molecule has 7 nitrogen and oxygen atoms in total. The fourth-order valence-electron chi connectivity index (χ4n) is 3.46. The molecule has 1 aliphatic carbocycles. The Hall–Kier alpha value is -3.22. The van der Waals surface area contributed by atoms with Gasteiger partial charge in [-0.3, -0.25) is 14.4 Å². The van der Waals surface area contributed by atoms with Gasteiger partial charge in [0.15, 0.2) is 0 Å². The Morgan fingerprint density at radius 3 is 2.65 bits per heavy atom. The summed E-state index contributed by atoms with van der Waals surface area (Å²) in [6.07, 6.45) is 3.85. The van der Waals surface area contributed by atoms with Crippen LogP contribution in [0.3, 0.4) is 0 Å². The normalized spacial score (nSPS) is 13.4. The first-order valence-electron chi connectivity index (χ1n) is 8.56. The molecule has 4 rings (SSSR count). The highest BCUT2D eigenvalue weighted by Gasteiger charge is 2.17. The molecule has 0 saturated carbocycles. The van der Waals surface area contributed by atoms with E-state index in [1.165, 1.54) is 19.2 Å². The summed E-state index contributed by atoms with van der Waals surface area (Å²) in [6.45, 7) is 0. The van der Waals surface area contributed by atoms with Gasteiger partial charge in [0.1, 0.15) is 5.69 Å². The molecule has 0 saturated heterocycles. The van der Waals surface area contributed by atoms with Crippen LogP contribution in [-0.2, 0) is 19.9 Å². The SMILES string of the molecule is Cn1nc(C(=O)Nc2ccc3c4c(c(=O)[nH]c3c2)CCCC4)ccc1=O. The van der Waals surface area contributed by atoms with Crippen molar-refractivity contribution in [3.8, 4) is 0 Å². The monoisotopic (exact) mass is 350 g/mol. The van der Waals surface area contributed by atoms with Crippen LogP contribution in [0.25, 0.3) is 10.9 Å². The number of fused-ring (bicyclic) bond motifs is 3. The van der Waals surface area contributed by atoms with E-state index in [4.69, 9.17) is 0 Å². The molecule has 0 unspecified atom stereocenters. The second kappa shape index (κ2) is 6.25. The largest absolute Gasteiger partial charge is 0.322 e. The Morgan fingerprint density at radius 2 is 1.88 bits per heavy atom. The highest BCUT2D eigenvalue weighted by molar-refractivity contribution is 6.03. The molecule has 2 heterocycles. The molecule has 26 heavy (non-hydrogen) atoms. The van der Waals surface area contributed by atoms with Crippen LogP contribution in [-0.4, -0.2) is 20.7 Å². The summed E-state index contributed by atoms with van der Waals surface area (Å²) in [6, 6.07) is 8.18. The van der Waals surface area contributed by atoms with Gasteiger partial charge in [0.05, 0.1) is 5.52 Å². The summed E-state index contributed by atoms with van der Waals surface area (Å²) < 4.78 is 1.11. The lowest BCUT2D eigenvalue weighted by atomic mass is 9.90. The maximum absolute atomic E-state index is 12.4. The Bertz CT molecular complexity index is 1140. The van der Waals surface area contributed by atoms with E-state index >= 15 is 0 Å². The van der Waals surface area contributed by atoms with Crippen molar-refractivity contribution in [2.24, 2.45) is 7.05 Å². The predicted molar refractivity (Wildman–Crippen MR) is 98.6 cm³/mol. The number of rotatable bonds is 2. The molecular weight excluding hydrogens is 332 g/mol. The Balaban J connectivity index is 1.69. The van der Waals surface area contributed by atoms with Gasteiger partial charge in [0.2, 0.25) is 0 Å². The minimum absolute atomic E-state index is 0.0459. The van der Waals surface area contributed by atoms with Gasteiger partial charge in [-0.2, -0.15) is 5.10 Å². The summed E-state index contributed by atoms with van der Waals surface area (Å²) in [4.78, 5) is 39.0. The highest BCUT2D eigenvalue weighted by atomic mass is 16.2. The number of H-pyrrole nitrogens is 1. The molecule has 0 spiro atoms. The number of carbonyl (C=O) groups excluding carboxylic acids is 1. The molecule has 1 amide bonds. The van der Waals surface area contributed by atoms with Crippen LogP contribution in [0.4, 0.5) is 5.69 Å². The van der Waals surface area contributed by atoms with E-state index in [-0.39, 0.29) is 16.8 Å². The number of nitrogens with one attached hydrogen (secondary N) is 2. The average Bonchev–Trinajstić information content (AvgIpc) is 2.64. The predicted octanol–water partition coefficient (Wildman–Crippen LogP) is 1.75. The third-order valence-corrected chi connectivity index (χ3v) is 4.79. The number of pyridine rings is 1. The van der Waals surface area contributed by atoms with Crippen LogP contribution >= 0.6 is 0 Å². The van der Waals surface area contributed by atoms with Gasteiger partial charge in [-0.05, 0) is 49.4 Å². The minimum Gasteiger partial charge on any atom is -0.322 e. The second-order valence-electron chi connectivity index (χ2n) is 6.51. The van der Waals surface area contributed by atoms with Crippen LogP contribution < -0.4 is 16.4 Å². The third-order valence-electron chi connectivity index (χ3n) is 4.79. The fourth-order valence-corrected chi connectivity index (χ4v) is 3.46. The summed E-state index contributed by atoms with van der Waals surface area (Å²) in [5.41, 5.74) is 3.09. The van der Waals surface area contributed by atoms with Gasteiger partial charge in [-0.15, -0.1) is 0 Å². The summed E-state index contributed by atoms with van der Waals surface area (Å²) in [7, 11) is 1.49. The maximum Gasteiger partial charge on any atom is 0.276 e. The van der Waals surface area contributed by atoms with Crippen LogP contribution in [0.15, 0.2) is 39.9 Å². The van der Waals surface area contributed by atoms with Gasteiger partial charge >= 0.3 is 0 Å². The van der Waals surface area contributed by atoms with Crippen molar-refractivity contribution in [1.29, 1.82) is 0 Å². The lowest BCUT2D eigenvalue weighted by Gasteiger charge is -2.17. The molecule has 0 atom stereocenters. The van der Waals surface area contributed by atoms with Crippen molar-refractivity contribution in [1.82, 2.24) is 14.8 Å². The van der Waals surface area contributed by atoms with Crippen LogP contribution in [0.1, 0.15) is 34.5 Å². The number of hydrogen-bond acceptors (Lipinski definition) is 4. The van der Waals surface area contributed by atoms with Crippen molar-refractivity contribution in [2.45, 2.75) is 25.7 Å². The van der Waals surface area contributed by atoms with Crippen molar-refractivity contribution >= 4 is 22.5 Å². The smallest absolute Gasteiger partial charge is 0.276 e. The Labute approximate surface area is 148 Å². The molecule has 0 bridgehead atoms. The number of aromatic nitrogens is 3. The van der Waals surface area contributed by atoms with E-state index in [1.54, 1.807) is 6.07 Å².